The van der Waals surface area contributed by atoms with Crippen LogP contribution in [-0.4, -0.2) is 24.5 Å². The Morgan fingerprint density at radius 3 is 2.67 bits per heavy atom. The summed E-state index contributed by atoms with van der Waals surface area (Å²) in [5.41, 5.74) is 0.621. The lowest BCUT2D eigenvalue weighted by atomic mass is 10.2. The fourth-order valence-corrected chi connectivity index (χ4v) is 1.90. The van der Waals surface area contributed by atoms with Crippen molar-refractivity contribution in [2.45, 2.75) is 18.4 Å². The number of rotatable bonds is 3. The number of hydrogen-bond donors (Lipinski definition) is 1. The maximum atomic E-state index is 12.9. The summed E-state index contributed by atoms with van der Waals surface area (Å²) in [6, 6.07) is 4.81. The van der Waals surface area contributed by atoms with E-state index in [1.54, 1.807) is 18.2 Å². The van der Waals surface area contributed by atoms with E-state index in [9.17, 15) is 13.6 Å². The van der Waals surface area contributed by atoms with Crippen LogP contribution in [-0.2, 0) is 9.53 Å². The van der Waals surface area contributed by atoms with Crippen LogP contribution in [0.15, 0.2) is 18.2 Å². The van der Waals surface area contributed by atoms with E-state index in [0.717, 1.165) is 0 Å². The van der Waals surface area contributed by atoms with Crippen LogP contribution in [0.1, 0.15) is 6.42 Å². The molecular weight excluding hydrogens is 287 g/mol. The molecule has 1 aromatic carbocycles. The second-order valence-corrected chi connectivity index (χ2v) is 4.76. The Labute approximate surface area is 112 Å². The second-order valence-electron chi connectivity index (χ2n) is 3.95. The van der Waals surface area contributed by atoms with Crippen molar-refractivity contribution in [3.05, 3.63) is 28.2 Å². The highest BCUT2D eigenvalue weighted by molar-refractivity contribution is 6.42. The van der Waals surface area contributed by atoms with E-state index in [1.807, 2.05) is 0 Å². The molecule has 1 atom stereocenters. The Kier molecular flexibility index (Phi) is 3.64. The molecule has 0 aliphatic carbocycles. The average Bonchev–Trinajstić information content (AvgIpc) is 2.55. The maximum absolute atomic E-state index is 12.9. The number of hydrogen-bond acceptors (Lipinski definition) is 3. The summed E-state index contributed by atoms with van der Waals surface area (Å²) in [6.45, 7) is 0.0965. The number of benzene rings is 1. The van der Waals surface area contributed by atoms with E-state index in [4.69, 9.17) is 23.2 Å². The molecule has 0 radical (unpaired) electrons. The van der Waals surface area contributed by atoms with Crippen LogP contribution in [0, 0.1) is 0 Å². The topological polar surface area (TPSA) is 38.3 Å². The van der Waals surface area contributed by atoms with Crippen molar-refractivity contribution < 1.29 is 18.3 Å². The smallest absolute Gasteiger partial charge is 0.377 e. The number of ether oxygens (including phenoxy) is 1. The van der Waals surface area contributed by atoms with Crippen LogP contribution in [0.5, 0.6) is 0 Å². The van der Waals surface area contributed by atoms with E-state index in [1.165, 1.54) is 0 Å². The lowest BCUT2D eigenvalue weighted by Gasteiger charge is -2.11. The molecule has 0 amide bonds. The van der Waals surface area contributed by atoms with Gasteiger partial charge in [0.2, 0.25) is 0 Å². The van der Waals surface area contributed by atoms with Gasteiger partial charge in [0.1, 0.15) is 6.10 Å². The molecule has 0 aromatic heterocycles. The number of cyclic esters (lactones) is 1. The van der Waals surface area contributed by atoms with E-state index in [0.29, 0.717) is 15.7 Å². The minimum atomic E-state index is -3.38. The first-order valence-corrected chi connectivity index (χ1v) is 5.92. The Bertz CT molecular complexity index is 482. The maximum Gasteiger partial charge on any atom is 0.377 e. The number of halogens is 4. The number of esters is 1. The van der Waals surface area contributed by atoms with Crippen LogP contribution in [0.3, 0.4) is 0 Å². The van der Waals surface area contributed by atoms with Gasteiger partial charge in [0.25, 0.3) is 0 Å². The molecule has 0 bridgehead atoms. The lowest BCUT2D eigenvalue weighted by molar-refractivity contribution is -0.158. The Morgan fingerprint density at radius 1 is 1.39 bits per heavy atom. The second kappa shape index (κ2) is 4.90. The molecular formula is C11H9Cl2F2NO2. The highest BCUT2D eigenvalue weighted by atomic mass is 35.5. The monoisotopic (exact) mass is 295 g/mol. The quantitative estimate of drug-likeness (QED) is 0.869. The van der Waals surface area contributed by atoms with Crippen molar-refractivity contribution in [2.75, 3.05) is 11.9 Å². The Balaban J connectivity index is 1.93. The zero-order chi connectivity index (χ0) is 13.3. The summed E-state index contributed by atoms with van der Waals surface area (Å²) in [7, 11) is 0. The first-order chi connectivity index (χ1) is 8.38. The molecule has 1 aliphatic heterocycles. The molecule has 0 saturated carbocycles. The summed E-state index contributed by atoms with van der Waals surface area (Å²) in [5.74, 6) is -4.85. The van der Waals surface area contributed by atoms with E-state index in [2.05, 4.69) is 10.1 Å². The normalized spacial score (nSPS) is 21.8. The van der Waals surface area contributed by atoms with Crippen molar-refractivity contribution in [3.8, 4) is 0 Å². The third-order valence-electron chi connectivity index (χ3n) is 2.51. The number of nitrogens with one attached hydrogen (secondary N) is 1. The molecule has 0 spiro atoms. The first kappa shape index (κ1) is 13.4. The molecule has 3 nitrogen and oxygen atoms in total. The third kappa shape index (κ3) is 2.84. The van der Waals surface area contributed by atoms with Gasteiger partial charge in [-0.1, -0.05) is 23.2 Å². The summed E-state index contributed by atoms with van der Waals surface area (Å²) >= 11 is 11.5. The molecule has 7 heteroatoms. The number of carbonyl (C=O) groups excluding carboxylic acids is 1. The molecule has 2 rings (SSSR count). The van der Waals surface area contributed by atoms with Gasteiger partial charge >= 0.3 is 11.9 Å². The van der Waals surface area contributed by atoms with Crippen molar-refractivity contribution in [1.29, 1.82) is 0 Å². The molecule has 98 valence electrons. The van der Waals surface area contributed by atoms with Gasteiger partial charge in [0.05, 0.1) is 23.0 Å². The van der Waals surface area contributed by atoms with Crippen molar-refractivity contribution in [3.63, 3.8) is 0 Å². The average molecular weight is 296 g/mol. The molecule has 1 N–H and O–H groups in total. The Morgan fingerprint density at radius 2 is 2.11 bits per heavy atom. The molecule has 1 saturated heterocycles. The zero-order valence-electron chi connectivity index (χ0n) is 9.05. The Hall–Kier alpha value is -1.07. The van der Waals surface area contributed by atoms with Gasteiger partial charge in [-0.3, -0.25) is 0 Å². The highest BCUT2D eigenvalue weighted by Crippen LogP contribution is 2.31. The van der Waals surface area contributed by atoms with Gasteiger partial charge in [-0.15, -0.1) is 0 Å². The minimum absolute atomic E-state index is 0.0965. The molecule has 1 unspecified atom stereocenters. The van der Waals surface area contributed by atoms with Crippen LogP contribution >= 0.6 is 23.2 Å². The summed E-state index contributed by atoms with van der Waals surface area (Å²) < 4.78 is 30.3. The van der Waals surface area contributed by atoms with Crippen LogP contribution in [0.25, 0.3) is 0 Å². The van der Waals surface area contributed by atoms with Gasteiger partial charge in [0, 0.05) is 5.69 Å². The number of anilines is 1. The predicted molar refractivity (Wildman–Crippen MR) is 64.4 cm³/mol. The van der Waals surface area contributed by atoms with E-state index >= 15 is 0 Å². The summed E-state index contributed by atoms with van der Waals surface area (Å²) in [4.78, 5) is 10.8. The van der Waals surface area contributed by atoms with Crippen LogP contribution in [0.2, 0.25) is 10.0 Å². The summed E-state index contributed by atoms with van der Waals surface area (Å²) in [6.07, 6.45) is -1.46. The molecule has 18 heavy (non-hydrogen) atoms. The van der Waals surface area contributed by atoms with Crippen molar-refractivity contribution >= 4 is 34.9 Å². The molecule has 1 heterocycles. The highest BCUT2D eigenvalue weighted by Gasteiger charge is 2.50. The van der Waals surface area contributed by atoms with Crippen molar-refractivity contribution in [2.24, 2.45) is 0 Å². The molecule has 1 aromatic rings. The number of carbonyl (C=O) groups is 1. The van der Waals surface area contributed by atoms with Gasteiger partial charge in [0.15, 0.2) is 0 Å². The van der Waals surface area contributed by atoms with E-state index < -0.39 is 24.4 Å². The van der Waals surface area contributed by atoms with Gasteiger partial charge in [-0.25, -0.2) is 4.79 Å². The predicted octanol–water partition coefficient (Wildman–Crippen LogP) is 3.36. The largest absolute Gasteiger partial charge is 0.456 e. The van der Waals surface area contributed by atoms with Gasteiger partial charge < -0.3 is 10.1 Å². The third-order valence-corrected chi connectivity index (χ3v) is 3.25. The summed E-state index contributed by atoms with van der Waals surface area (Å²) in [5, 5.41) is 3.62. The lowest BCUT2D eigenvalue weighted by Crippen LogP contribution is -2.22. The fourth-order valence-electron chi connectivity index (χ4n) is 1.60. The van der Waals surface area contributed by atoms with Crippen LogP contribution < -0.4 is 5.32 Å². The first-order valence-electron chi connectivity index (χ1n) is 5.16. The number of alkyl halides is 2. The fraction of sp³-hybridized carbons (Fsp3) is 0.364. The van der Waals surface area contributed by atoms with Crippen LogP contribution in [0.4, 0.5) is 14.5 Å². The molecule has 1 fully saturated rings. The van der Waals surface area contributed by atoms with Gasteiger partial charge in [-0.2, -0.15) is 8.78 Å². The van der Waals surface area contributed by atoms with Gasteiger partial charge in [-0.05, 0) is 18.2 Å². The van der Waals surface area contributed by atoms with Crippen molar-refractivity contribution in [1.82, 2.24) is 0 Å². The molecule has 1 aliphatic rings. The minimum Gasteiger partial charge on any atom is -0.456 e. The SMILES string of the molecule is O=C1OC(CNc2ccc(Cl)c(Cl)c2)CC1(F)F. The zero-order valence-corrected chi connectivity index (χ0v) is 10.6. The van der Waals surface area contributed by atoms with E-state index in [-0.39, 0.29) is 6.54 Å². The standard InChI is InChI=1S/C11H9Cl2F2NO2/c12-8-2-1-6(3-9(8)13)16-5-7-4-11(14,15)10(17)18-7/h1-3,7,16H,4-5H2.